The van der Waals surface area contributed by atoms with Gasteiger partial charge in [0, 0.05) is 35.6 Å². The molecule has 1 aliphatic heterocycles. The third kappa shape index (κ3) is 1.46. The molecule has 2 aliphatic rings. The van der Waals surface area contributed by atoms with Crippen LogP contribution in [0.15, 0.2) is 24.4 Å². The molecular formula is C16H20N2O. The monoisotopic (exact) mass is 256 g/mol. The Morgan fingerprint density at radius 3 is 3.05 bits per heavy atom. The van der Waals surface area contributed by atoms with E-state index in [1.54, 1.807) is 0 Å². The molecule has 1 saturated heterocycles. The number of aliphatic hydroxyl groups excluding tert-OH is 1. The van der Waals surface area contributed by atoms with Crippen molar-refractivity contribution < 1.29 is 5.11 Å². The molecule has 0 bridgehead atoms. The van der Waals surface area contributed by atoms with Crippen molar-refractivity contribution in [2.75, 3.05) is 13.6 Å². The fraction of sp³-hybridized carbons (Fsp3) is 0.500. The zero-order valence-electron chi connectivity index (χ0n) is 11.4. The minimum atomic E-state index is -0.227. The minimum absolute atomic E-state index is 0.227. The lowest BCUT2D eigenvalue weighted by molar-refractivity contribution is -0.0112. The Morgan fingerprint density at radius 2 is 2.21 bits per heavy atom. The number of aromatic amines is 1. The number of likely N-dealkylation sites (N-methyl/N-ethyl adjacent to an activating group) is 1. The molecule has 3 nitrogen and oxygen atoms in total. The molecule has 2 aromatic rings. The highest BCUT2D eigenvalue weighted by Crippen LogP contribution is 2.44. The summed E-state index contributed by atoms with van der Waals surface area (Å²) in [6.07, 6.45) is 2.96. The summed E-state index contributed by atoms with van der Waals surface area (Å²) in [5.74, 6) is 0.586. The molecule has 2 heterocycles. The molecule has 0 amide bonds. The maximum Gasteiger partial charge on any atom is 0.0661 e. The predicted octanol–water partition coefficient (Wildman–Crippen LogP) is 2.12. The number of nitrogens with one attached hydrogen (secondary N) is 1. The Morgan fingerprint density at radius 1 is 1.37 bits per heavy atom. The van der Waals surface area contributed by atoms with Crippen molar-refractivity contribution in [2.45, 2.75) is 31.4 Å². The molecule has 19 heavy (non-hydrogen) atoms. The topological polar surface area (TPSA) is 39.3 Å². The molecule has 0 spiro atoms. The number of hydrogen-bond acceptors (Lipinski definition) is 2. The molecule has 1 aromatic carbocycles. The first-order chi connectivity index (χ1) is 9.16. The molecule has 1 aromatic heterocycles. The number of H-pyrrole nitrogens is 1. The molecule has 3 heteroatoms. The van der Waals surface area contributed by atoms with E-state index in [2.05, 4.69) is 48.3 Å². The smallest absolute Gasteiger partial charge is 0.0661 e. The average molecular weight is 256 g/mol. The average Bonchev–Trinajstić information content (AvgIpc) is 2.81. The van der Waals surface area contributed by atoms with Gasteiger partial charge < -0.3 is 15.0 Å². The number of aliphatic hydroxyl groups is 1. The van der Waals surface area contributed by atoms with Gasteiger partial charge in [-0.1, -0.05) is 19.1 Å². The fourth-order valence-electron chi connectivity index (χ4n) is 4.18. The quantitative estimate of drug-likeness (QED) is 0.758. The number of nitrogens with zero attached hydrogens (tertiary/aromatic N) is 1. The van der Waals surface area contributed by atoms with Crippen LogP contribution in [0.2, 0.25) is 0 Å². The second-order valence-corrected chi connectivity index (χ2v) is 6.29. The Balaban J connectivity index is 1.94. The zero-order chi connectivity index (χ0) is 13.1. The van der Waals surface area contributed by atoms with E-state index in [4.69, 9.17) is 0 Å². The standard InChI is InChI=1S/C16H20N2O/c1-9-8-18(2)13-6-10-7-17-12-5-3-4-11(14(10)12)15(13)16(9)19/h3-5,7,9,13,15-17,19H,6,8H2,1-2H3/t9-,13+,15-,16+/m0/s1. The van der Waals surface area contributed by atoms with E-state index < -0.39 is 0 Å². The van der Waals surface area contributed by atoms with Crippen LogP contribution in [0.25, 0.3) is 10.9 Å². The molecular weight excluding hydrogens is 236 g/mol. The molecule has 0 radical (unpaired) electrons. The summed E-state index contributed by atoms with van der Waals surface area (Å²) < 4.78 is 0. The summed E-state index contributed by atoms with van der Waals surface area (Å²) in [5.41, 5.74) is 3.94. The van der Waals surface area contributed by atoms with Crippen molar-refractivity contribution >= 4 is 10.9 Å². The van der Waals surface area contributed by atoms with Crippen LogP contribution in [-0.4, -0.2) is 40.7 Å². The fourth-order valence-corrected chi connectivity index (χ4v) is 4.18. The van der Waals surface area contributed by atoms with Crippen LogP contribution in [-0.2, 0) is 6.42 Å². The van der Waals surface area contributed by atoms with Gasteiger partial charge in [0.15, 0.2) is 0 Å². The van der Waals surface area contributed by atoms with Crippen molar-refractivity contribution in [3.05, 3.63) is 35.5 Å². The number of fused-ring (bicyclic) bond motifs is 2. The number of rotatable bonds is 0. The summed E-state index contributed by atoms with van der Waals surface area (Å²) in [6.45, 7) is 3.14. The third-order valence-corrected chi connectivity index (χ3v) is 5.12. The van der Waals surface area contributed by atoms with Crippen LogP contribution < -0.4 is 0 Å². The molecule has 100 valence electrons. The second kappa shape index (κ2) is 3.84. The summed E-state index contributed by atoms with van der Waals surface area (Å²) in [4.78, 5) is 5.80. The first-order valence-electron chi connectivity index (χ1n) is 7.14. The lowest BCUT2D eigenvalue weighted by Crippen LogP contribution is -2.54. The van der Waals surface area contributed by atoms with Gasteiger partial charge in [0.1, 0.15) is 0 Å². The van der Waals surface area contributed by atoms with Gasteiger partial charge in [-0.15, -0.1) is 0 Å². The van der Waals surface area contributed by atoms with Crippen LogP contribution in [0.1, 0.15) is 24.0 Å². The lowest BCUT2D eigenvalue weighted by Gasteiger charge is -2.47. The highest BCUT2D eigenvalue weighted by molar-refractivity contribution is 5.88. The Hall–Kier alpha value is -1.32. The van der Waals surface area contributed by atoms with E-state index in [-0.39, 0.29) is 12.0 Å². The van der Waals surface area contributed by atoms with Gasteiger partial charge in [-0.3, -0.25) is 0 Å². The highest BCUT2D eigenvalue weighted by atomic mass is 16.3. The maximum atomic E-state index is 10.7. The van der Waals surface area contributed by atoms with Crippen LogP contribution >= 0.6 is 0 Å². The Kier molecular flexibility index (Phi) is 2.32. The van der Waals surface area contributed by atoms with E-state index in [9.17, 15) is 5.11 Å². The molecule has 0 saturated carbocycles. The summed E-state index contributed by atoms with van der Waals surface area (Å²) >= 11 is 0. The van der Waals surface area contributed by atoms with Gasteiger partial charge in [-0.05, 0) is 36.6 Å². The van der Waals surface area contributed by atoms with Crippen LogP contribution in [0.4, 0.5) is 0 Å². The van der Waals surface area contributed by atoms with Crippen molar-refractivity contribution in [1.29, 1.82) is 0 Å². The van der Waals surface area contributed by atoms with Gasteiger partial charge in [-0.2, -0.15) is 0 Å². The minimum Gasteiger partial charge on any atom is -0.392 e. The molecule has 1 fully saturated rings. The number of likely N-dealkylation sites (tertiary alicyclic amines) is 1. The number of aromatic nitrogens is 1. The summed E-state index contributed by atoms with van der Waals surface area (Å²) in [7, 11) is 2.19. The predicted molar refractivity (Wildman–Crippen MR) is 76.3 cm³/mol. The Labute approximate surface area is 113 Å². The largest absolute Gasteiger partial charge is 0.392 e. The van der Waals surface area contributed by atoms with Crippen LogP contribution in [0.3, 0.4) is 0 Å². The van der Waals surface area contributed by atoms with E-state index in [1.165, 1.54) is 22.0 Å². The molecule has 1 aliphatic carbocycles. The molecule has 4 atom stereocenters. The van der Waals surface area contributed by atoms with Crippen molar-refractivity contribution in [3.63, 3.8) is 0 Å². The molecule has 2 N–H and O–H groups in total. The van der Waals surface area contributed by atoms with Crippen molar-refractivity contribution in [1.82, 2.24) is 9.88 Å². The van der Waals surface area contributed by atoms with Crippen LogP contribution in [0.5, 0.6) is 0 Å². The first-order valence-corrected chi connectivity index (χ1v) is 7.14. The summed E-state index contributed by atoms with van der Waals surface area (Å²) in [5, 5.41) is 12.0. The maximum absolute atomic E-state index is 10.7. The number of benzene rings is 1. The van der Waals surface area contributed by atoms with Gasteiger partial charge in [0.25, 0.3) is 0 Å². The molecule has 0 unspecified atom stereocenters. The number of piperidine rings is 1. The SMILES string of the molecule is C[C@H]1CN(C)[C@@H]2Cc3c[nH]c4cccc(c34)[C@@H]2[C@@H]1O. The van der Waals surface area contributed by atoms with Gasteiger partial charge >= 0.3 is 0 Å². The summed E-state index contributed by atoms with van der Waals surface area (Å²) in [6, 6.07) is 6.86. The van der Waals surface area contributed by atoms with Crippen molar-refractivity contribution in [2.24, 2.45) is 5.92 Å². The molecule has 4 rings (SSSR count). The van der Waals surface area contributed by atoms with Gasteiger partial charge in [-0.25, -0.2) is 0 Å². The van der Waals surface area contributed by atoms with E-state index in [1.807, 2.05) is 0 Å². The highest BCUT2D eigenvalue weighted by Gasteiger charge is 2.43. The first kappa shape index (κ1) is 11.5. The van der Waals surface area contributed by atoms with E-state index >= 15 is 0 Å². The zero-order valence-corrected chi connectivity index (χ0v) is 11.4. The van der Waals surface area contributed by atoms with Crippen LogP contribution in [0, 0.1) is 5.92 Å². The Bertz CT molecular complexity index is 633. The van der Waals surface area contributed by atoms with E-state index in [0.29, 0.717) is 12.0 Å². The number of hydrogen-bond donors (Lipinski definition) is 2. The van der Waals surface area contributed by atoms with E-state index in [0.717, 1.165) is 13.0 Å². The third-order valence-electron chi connectivity index (χ3n) is 5.12. The van der Waals surface area contributed by atoms with Gasteiger partial charge in [0.05, 0.1) is 6.10 Å². The van der Waals surface area contributed by atoms with Gasteiger partial charge in [0.2, 0.25) is 0 Å². The lowest BCUT2D eigenvalue weighted by atomic mass is 9.71. The van der Waals surface area contributed by atoms with Crippen molar-refractivity contribution in [3.8, 4) is 0 Å². The second-order valence-electron chi connectivity index (χ2n) is 6.29. The normalized spacial score (nSPS) is 34.5.